The first kappa shape index (κ1) is 17.1. The predicted molar refractivity (Wildman–Crippen MR) is 81.7 cm³/mol. The van der Waals surface area contributed by atoms with Crippen molar-refractivity contribution in [2.24, 2.45) is 5.92 Å². The van der Waals surface area contributed by atoms with Crippen molar-refractivity contribution in [1.29, 1.82) is 0 Å². The van der Waals surface area contributed by atoms with Crippen LogP contribution in [0.5, 0.6) is 0 Å². The van der Waals surface area contributed by atoms with Crippen LogP contribution in [0.2, 0.25) is 0 Å². The number of hydrogen-bond acceptors (Lipinski definition) is 4. The monoisotopic (exact) mass is 302 g/mol. The van der Waals surface area contributed by atoms with E-state index in [9.17, 15) is 9.59 Å². The molecule has 0 N–H and O–H groups in total. The molecule has 1 rings (SSSR count). The average Bonchev–Trinajstić information content (AvgIpc) is 2.79. The molecule has 1 aliphatic heterocycles. The van der Waals surface area contributed by atoms with E-state index >= 15 is 0 Å². The third kappa shape index (κ3) is 4.30. The zero-order valence-electron chi connectivity index (χ0n) is 13.1. The molecule has 2 amide bonds. The molecule has 0 radical (unpaired) electrons. The lowest BCUT2D eigenvalue weighted by Gasteiger charge is -2.30. The first-order chi connectivity index (χ1) is 9.38. The highest BCUT2D eigenvalue weighted by Gasteiger charge is 2.42. The number of ether oxygens (including phenoxy) is 1. The Morgan fingerprint density at radius 1 is 1.40 bits per heavy atom. The van der Waals surface area contributed by atoms with Gasteiger partial charge in [0.15, 0.2) is 0 Å². The van der Waals surface area contributed by atoms with Gasteiger partial charge in [0.05, 0.1) is 12.0 Å². The summed E-state index contributed by atoms with van der Waals surface area (Å²) < 4.78 is 5.31. The Morgan fingerprint density at radius 3 is 2.55 bits per heavy atom. The van der Waals surface area contributed by atoms with Gasteiger partial charge < -0.3 is 9.64 Å². The molecule has 2 atom stereocenters. The molecule has 5 nitrogen and oxygen atoms in total. The first-order valence-corrected chi connectivity index (χ1v) is 8.21. The van der Waals surface area contributed by atoms with Crippen LogP contribution in [0.3, 0.4) is 0 Å². The molecule has 0 aromatic rings. The Labute approximate surface area is 126 Å². The van der Waals surface area contributed by atoms with E-state index in [4.69, 9.17) is 4.74 Å². The maximum atomic E-state index is 12.3. The lowest BCUT2D eigenvalue weighted by molar-refractivity contribution is -0.149. The van der Waals surface area contributed by atoms with Crippen LogP contribution < -0.4 is 0 Å². The molecule has 6 heteroatoms. The molecule has 0 aliphatic carbocycles. The maximum absolute atomic E-state index is 12.3. The van der Waals surface area contributed by atoms with Crippen LogP contribution in [0.15, 0.2) is 0 Å². The van der Waals surface area contributed by atoms with Crippen molar-refractivity contribution in [1.82, 2.24) is 9.80 Å². The van der Waals surface area contributed by atoms with E-state index in [1.807, 2.05) is 13.8 Å². The Kier molecular flexibility index (Phi) is 6.65. The SMILES string of the molecule is CCCC1SCC(C(=O)OCC(C)C)N1C(=O)N(C)C. The predicted octanol–water partition coefficient (Wildman–Crippen LogP) is 2.41. The van der Waals surface area contributed by atoms with E-state index in [1.54, 1.807) is 30.8 Å². The number of hydrogen-bond donors (Lipinski definition) is 0. The van der Waals surface area contributed by atoms with Gasteiger partial charge in [-0.2, -0.15) is 0 Å². The molecule has 116 valence electrons. The van der Waals surface area contributed by atoms with Crippen LogP contribution in [0.25, 0.3) is 0 Å². The van der Waals surface area contributed by atoms with Gasteiger partial charge in [-0.3, -0.25) is 4.90 Å². The van der Waals surface area contributed by atoms with Gasteiger partial charge in [0.2, 0.25) is 0 Å². The van der Waals surface area contributed by atoms with Crippen molar-refractivity contribution >= 4 is 23.8 Å². The molecule has 0 bridgehead atoms. The average molecular weight is 302 g/mol. The number of carbonyl (C=O) groups excluding carboxylic acids is 2. The second kappa shape index (κ2) is 7.76. The zero-order valence-corrected chi connectivity index (χ0v) is 13.9. The van der Waals surface area contributed by atoms with Crippen molar-refractivity contribution in [2.45, 2.75) is 45.0 Å². The molecule has 0 aromatic heterocycles. The summed E-state index contributed by atoms with van der Waals surface area (Å²) in [5, 5.41) is 0.0755. The van der Waals surface area contributed by atoms with Crippen LogP contribution in [-0.4, -0.2) is 59.7 Å². The topological polar surface area (TPSA) is 49.9 Å². The van der Waals surface area contributed by atoms with E-state index < -0.39 is 6.04 Å². The summed E-state index contributed by atoms with van der Waals surface area (Å²) in [6.45, 7) is 6.49. The number of amides is 2. The molecule has 1 saturated heterocycles. The van der Waals surface area contributed by atoms with Crippen molar-refractivity contribution in [3.05, 3.63) is 0 Å². The van der Waals surface area contributed by atoms with E-state index in [1.165, 1.54) is 4.90 Å². The number of nitrogens with zero attached hydrogens (tertiary/aromatic N) is 2. The Hall–Kier alpha value is -0.910. The van der Waals surface area contributed by atoms with Crippen molar-refractivity contribution in [2.75, 3.05) is 26.5 Å². The minimum Gasteiger partial charge on any atom is -0.464 e. The van der Waals surface area contributed by atoms with Gasteiger partial charge in [0.1, 0.15) is 6.04 Å². The fourth-order valence-corrected chi connectivity index (χ4v) is 3.55. The van der Waals surface area contributed by atoms with Crippen LogP contribution in [-0.2, 0) is 9.53 Å². The molecule has 0 saturated carbocycles. The summed E-state index contributed by atoms with van der Waals surface area (Å²) in [6, 6.07) is -0.565. The summed E-state index contributed by atoms with van der Waals surface area (Å²) in [6.07, 6.45) is 1.89. The number of urea groups is 1. The van der Waals surface area contributed by atoms with E-state index in [2.05, 4.69) is 6.92 Å². The van der Waals surface area contributed by atoms with Gasteiger partial charge in [-0.1, -0.05) is 27.2 Å². The molecule has 1 heterocycles. The zero-order chi connectivity index (χ0) is 15.3. The maximum Gasteiger partial charge on any atom is 0.329 e. The summed E-state index contributed by atoms with van der Waals surface area (Å²) in [5.41, 5.74) is 0. The fourth-order valence-electron chi connectivity index (χ4n) is 2.05. The molecule has 2 unspecified atom stereocenters. The summed E-state index contributed by atoms with van der Waals surface area (Å²) >= 11 is 1.67. The largest absolute Gasteiger partial charge is 0.464 e. The lowest BCUT2D eigenvalue weighted by atomic mass is 10.2. The summed E-state index contributed by atoms with van der Waals surface area (Å²) in [5.74, 6) is 0.652. The standard InChI is InChI=1S/C14H26N2O3S/c1-6-7-12-16(14(18)15(4)5)11(9-20-12)13(17)19-8-10(2)3/h10-12H,6-9H2,1-5H3. The second-order valence-corrected chi connectivity index (χ2v) is 6.91. The molecular weight excluding hydrogens is 276 g/mol. The van der Waals surface area contributed by atoms with Gasteiger partial charge in [-0.25, -0.2) is 9.59 Å². The quantitative estimate of drug-likeness (QED) is 0.732. The normalized spacial score (nSPS) is 22.2. The van der Waals surface area contributed by atoms with Crippen molar-refractivity contribution < 1.29 is 14.3 Å². The highest BCUT2D eigenvalue weighted by Crippen LogP contribution is 2.33. The van der Waals surface area contributed by atoms with Gasteiger partial charge in [-0.15, -0.1) is 11.8 Å². The number of esters is 1. The van der Waals surface area contributed by atoms with Crippen LogP contribution in [0.1, 0.15) is 33.6 Å². The molecule has 1 aliphatic rings. The Balaban J connectivity index is 2.77. The molecule has 1 fully saturated rings. The molecule has 0 aromatic carbocycles. The summed E-state index contributed by atoms with van der Waals surface area (Å²) in [4.78, 5) is 27.7. The van der Waals surface area contributed by atoms with E-state index in [-0.39, 0.29) is 17.4 Å². The van der Waals surface area contributed by atoms with Crippen LogP contribution in [0, 0.1) is 5.92 Å². The smallest absolute Gasteiger partial charge is 0.329 e. The lowest BCUT2D eigenvalue weighted by Crippen LogP contribution is -2.50. The molecule has 20 heavy (non-hydrogen) atoms. The molecule has 0 spiro atoms. The summed E-state index contributed by atoms with van der Waals surface area (Å²) in [7, 11) is 3.43. The number of thioether (sulfide) groups is 1. The Bertz CT molecular complexity index is 347. The minimum atomic E-state index is -0.454. The van der Waals surface area contributed by atoms with Gasteiger partial charge in [0, 0.05) is 19.8 Å². The van der Waals surface area contributed by atoms with Gasteiger partial charge in [-0.05, 0) is 12.3 Å². The highest BCUT2D eigenvalue weighted by molar-refractivity contribution is 8.00. The van der Waals surface area contributed by atoms with Gasteiger partial charge >= 0.3 is 12.0 Å². The number of rotatable bonds is 5. The third-order valence-electron chi connectivity index (χ3n) is 3.06. The van der Waals surface area contributed by atoms with Crippen LogP contribution >= 0.6 is 11.8 Å². The van der Waals surface area contributed by atoms with Crippen LogP contribution in [0.4, 0.5) is 4.79 Å². The minimum absolute atomic E-state index is 0.0755. The first-order valence-electron chi connectivity index (χ1n) is 7.16. The molecular formula is C14H26N2O3S. The third-order valence-corrected chi connectivity index (χ3v) is 4.42. The van der Waals surface area contributed by atoms with E-state index in [0.717, 1.165) is 12.8 Å². The van der Waals surface area contributed by atoms with E-state index in [0.29, 0.717) is 18.3 Å². The van der Waals surface area contributed by atoms with Crippen molar-refractivity contribution in [3.63, 3.8) is 0 Å². The number of carbonyl (C=O) groups is 2. The van der Waals surface area contributed by atoms with Gasteiger partial charge in [0.25, 0.3) is 0 Å². The fraction of sp³-hybridized carbons (Fsp3) is 0.857. The Morgan fingerprint density at radius 2 is 2.05 bits per heavy atom. The second-order valence-electron chi connectivity index (χ2n) is 5.70. The highest BCUT2D eigenvalue weighted by atomic mass is 32.2. The van der Waals surface area contributed by atoms with Crippen molar-refractivity contribution in [3.8, 4) is 0 Å².